The third-order valence-corrected chi connectivity index (χ3v) is 6.06. The zero-order valence-electron chi connectivity index (χ0n) is 15.6. The lowest BCUT2D eigenvalue weighted by Gasteiger charge is -2.31. The van der Waals surface area contributed by atoms with E-state index in [0.29, 0.717) is 28.9 Å². The molecule has 2 amide bonds. The molecule has 0 atom stereocenters. The van der Waals surface area contributed by atoms with Gasteiger partial charge in [0, 0.05) is 31.5 Å². The second-order valence-electron chi connectivity index (χ2n) is 6.81. The standard InChI is InChI=1S/C21H20ClN3O3S/c22-16-7-4-8-17-19(16)24-21(29-17)28-15-9-11-25(12-10-15)18(26)13-23-20(27)14-5-2-1-3-6-14/h1-8,15H,9-13H2,(H,23,27). The Morgan fingerprint density at radius 3 is 2.62 bits per heavy atom. The Morgan fingerprint density at radius 2 is 1.90 bits per heavy atom. The predicted molar refractivity (Wildman–Crippen MR) is 114 cm³/mol. The molecule has 1 saturated heterocycles. The summed E-state index contributed by atoms with van der Waals surface area (Å²) in [6, 6.07) is 14.5. The van der Waals surface area contributed by atoms with E-state index in [4.69, 9.17) is 16.3 Å². The van der Waals surface area contributed by atoms with Crippen LogP contribution in [0.4, 0.5) is 0 Å². The lowest BCUT2D eigenvalue weighted by molar-refractivity contribution is -0.131. The van der Waals surface area contributed by atoms with Crippen molar-refractivity contribution in [3.63, 3.8) is 0 Å². The molecule has 6 nitrogen and oxygen atoms in total. The SMILES string of the molecule is O=C(NCC(=O)N1CCC(Oc2nc3c(Cl)cccc3s2)CC1)c1ccccc1. The van der Waals surface area contributed by atoms with Gasteiger partial charge in [0.15, 0.2) is 0 Å². The van der Waals surface area contributed by atoms with Crippen molar-refractivity contribution >= 4 is 45.0 Å². The second kappa shape index (κ2) is 8.80. The number of nitrogens with one attached hydrogen (secondary N) is 1. The number of halogens is 1. The van der Waals surface area contributed by atoms with Gasteiger partial charge in [-0.2, -0.15) is 0 Å². The Kier molecular flexibility index (Phi) is 5.97. The zero-order chi connectivity index (χ0) is 20.2. The van der Waals surface area contributed by atoms with Gasteiger partial charge in [0.05, 0.1) is 16.3 Å². The smallest absolute Gasteiger partial charge is 0.274 e. The topological polar surface area (TPSA) is 71.5 Å². The highest BCUT2D eigenvalue weighted by molar-refractivity contribution is 7.20. The minimum Gasteiger partial charge on any atom is -0.467 e. The second-order valence-corrected chi connectivity index (χ2v) is 8.21. The molecular formula is C21H20ClN3O3S. The highest BCUT2D eigenvalue weighted by atomic mass is 35.5. The normalized spacial score (nSPS) is 14.7. The van der Waals surface area contributed by atoms with Gasteiger partial charge >= 0.3 is 0 Å². The summed E-state index contributed by atoms with van der Waals surface area (Å²) in [4.78, 5) is 30.7. The molecule has 1 aliphatic rings. The first kappa shape index (κ1) is 19.7. The van der Waals surface area contributed by atoms with Crippen molar-refractivity contribution in [3.05, 3.63) is 59.1 Å². The van der Waals surface area contributed by atoms with Crippen molar-refractivity contribution in [2.45, 2.75) is 18.9 Å². The number of amides is 2. The van der Waals surface area contributed by atoms with Crippen LogP contribution >= 0.6 is 22.9 Å². The van der Waals surface area contributed by atoms with Crippen molar-refractivity contribution in [2.75, 3.05) is 19.6 Å². The molecule has 0 spiro atoms. The van der Waals surface area contributed by atoms with Gasteiger partial charge in [-0.1, -0.05) is 47.2 Å². The first-order valence-corrected chi connectivity index (χ1v) is 10.6. The summed E-state index contributed by atoms with van der Waals surface area (Å²) in [6.07, 6.45) is 1.46. The third-order valence-electron chi connectivity index (χ3n) is 4.85. The maximum absolute atomic E-state index is 12.4. The maximum Gasteiger partial charge on any atom is 0.274 e. The van der Waals surface area contributed by atoms with Crippen LogP contribution in [0.2, 0.25) is 5.02 Å². The molecule has 0 unspecified atom stereocenters. The van der Waals surface area contributed by atoms with E-state index >= 15 is 0 Å². The Bertz CT molecular complexity index is 1020. The fraction of sp³-hybridized carbons (Fsp3) is 0.286. The van der Waals surface area contributed by atoms with Crippen LogP contribution in [0.1, 0.15) is 23.2 Å². The van der Waals surface area contributed by atoms with Crippen LogP contribution in [0.5, 0.6) is 5.19 Å². The van der Waals surface area contributed by atoms with E-state index in [9.17, 15) is 9.59 Å². The molecule has 2 heterocycles. The number of carbonyl (C=O) groups is 2. The average molecular weight is 430 g/mol. The first-order chi connectivity index (χ1) is 14.1. The largest absolute Gasteiger partial charge is 0.467 e. The van der Waals surface area contributed by atoms with E-state index in [1.807, 2.05) is 24.3 Å². The summed E-state index contributed by atoms with van der Waals surface area (Å²) < 4.78 is 7.02. The maximum atomic E-state index is 12.4. The average Bonchev–Trinajstić information content (AvgIpc) is 3.17. The molecular weight excluding hydrogens is 410 g/mol. The van der Waals surface area contributed by atoms with Gasteiger partial charge in [-0.05, 0) is 24.3 Å². The summed E-state index contributed by atoms with van der Waals surface area (Å²) in [5, 5.41) is 3.91. The number of thiazole rings is 1. The van der Waals surface area contributed by atoms with Gasteiger partial charge < -0.3 is 15.0 Å². The summed E-state index contributed by atoms with van der Waals surface area (Å²) in [5.41, 5.74) is 1.30. The van der Waals surface area contributed by atoms with Crippen LogP contribution in [0.15, 0.2) is 48.5 Å². The van der Waals surface area contributed by atoms with Crippen LogP contribution < -0.4 is 10.1 Å². The quantitative estimate of drug-likeness (QED) is 0.670. The Hall–Kier alpha value is -2.64. The minimum absolute atomic E-state index is 0.00435. The van der Waals surface area contributed by atoms with Gasteiger partial charge in [-0.3, -0.25) is 9.59 Å². The van der Waals surface area contributed by atoms with Gasteiger partial charge in [0.2, 0.25) is 5.91 Å². The van der Waals surface area contributed by atoms with Crippen LogP contribution in [0.25, 0.3) is 10.2 Å². The number of piperidine rings is 1. The van der Waals surface area contributed by atoms with Crippen molar-refractivity contribution in [2.24, 2.45) is 0 Å². The number of fused-ring (bicyclic) bond motifs is 1. The molecule has 1 fully saturated rings. The summed E-state index contributed by atoms with van der Waals surface area (Å²) in [6.45, 7) is 1.18. The van der Waals surface area contributed by atoms with Crippen molar-refractivity contribution < 1.29 is 14.3 Å². The number of para-hydroxylation sites is 1. The molecule has 0 bridgehead atoms. The summed E-state index contributed by atoms with van der Waals surface area (Å²) in [7, 11) is 0. The Labute approximate surface area is 177 Å². The van der Waals surface area contributed by atoms with Crippen LogP contribution in [-0.2, 0) is 4.79 Å². The van der Waals surface area contributed by atoms with E-state index in [2.05, 4.69) is 10.3 Å². The highest BCUT2D eigenvalue weighted by Gasteiger charge is 2.25. The first-order valence-electron chi connectivity index (χ1n) is 9.43. The zero-order valence-corrected chi connectivity index (χ0v) is 17.2. The van der Waals surface area contributed by atoms with Crippen LogP contribution in [0, 0.1) is 0 Å². The fourth-order valence-electron chi connectivity index (χ4n) is 3.27. The molecule has 29 heavy (non-hydrogen) atoms. The number of likely N-dealkylation sites (tertiary alicyclic amines) is 1. The molecule has 2 aromatic carbocycles. The number of nitrogens with zero attached hydrogens (tertiary/aromatic N) is 2. The van der Waals surface area contributed by atoms with Gasteiger partial charge in [-0.25, -0.2) is 4.98 Å². The van der Waals surface area contributed by atoms with E-state index in [1.54, 1.807) is 29.2 Å². The lowest BCUT2D eigenvalue weighted by atomic mass is 10.1. The van der Waals surface area contributed by atoms with Crippen LogP contribution in [-0.4, -0.2) is 47.4 Å². The number of hydrogen-bond donors (Lipinski definition) is 1. The molecule has 0 saturated carbocycles. The molecule has 1 N–H and O–H groups in total. The van der Waals surface area contributed by atoms with Crippen molar-refractivity contribution in [1.29, 1.82) is 0 Å². The molecule has 1 aromatic heterocycles. The third kappa shape index (κ3) is 4.68. The monoisotopic (exact) mass is 429 g/mol. The number of benzene rings is 2. The lowest BCUT2D eigenvalue weighted by Crippen LogP contribution is -2.46. The number of ether oxygens (including phenoxy) is 1. The number of rotatable bonds is 5. The fourth-order valence-corrected chi connectivity index (χ4v) is 4.45. The molecule has 4 rings (SSSR count). The summed E-state index contributed by atoms with van der Waals surface area (Å²) >= 11 is 7.65. The van der Waals surface area contributed by atoms with E-state index in [1.165, 1.54) is 11.3 Å². The highest BCUT2D eigenvalue weighted by Crippen LogP contribution is 2.33. The Balaban J connectivity index is 1.26. The number of aromatic nitrogens is 1. The van der Waals surface area contributed by atoms with E-state index < -0.39 is 0 Å². The van der Waals surface area contributed by atoms with Gasteiger partial charge in [0.1, 0.15) is 11.6 Å². The van der Waals surface area contributed by atoms with Crippen molar-refractivity contribution in [3.8, 4) is 5.19 Å². The summed E-state index contributed by atoms with van der Waals surface area (Å²) in [5.74, 6) is -0.328. The molecule has 8 heteroatoms. The molecule has 0 aliphatic carbocycles. The molecule has 3 aromatic rings. The Morgan fingerprint density at radius 1 is 1.14 bits per heavy atom. The number of carbonyl (C=O) groups excluding carboxylic acids is 2. The number of hydrogen-bond acceptors (Lipinski definition) is 5. The van der Waals surface area contributed by atoms with E-state index in [-0.39, 0.29) is 24.5 Å². The van der Waals surface area contributed by atoms with Gasteiger partial charge in [-0.15, -0.1) is 0 Å². The molecule has 0 radical (unpaired) electrons. The van der Waals surface area contributed by atoms with Crippen LogP contribution in [0.3, 0.4) is 0 Å². The van der Waals surface area contributed by atoms with E-state index in [0.717, 1.165) is 23.1 Å². The predicted octanol–water partition coefficient (Wildman–Crippen LogP) is 3.75. The van der Waals surface area contributed by atoms with Crippen molar-refractivity contribution in [1.82, 2.24) is 15.2 Å². The van der Waals surface area contributed by atoms with Gasteiger partial charge in [0.25, 0.3) is 11.1 Å². The molecule has 150 valence electrons. The molecule has 1 aliphatic heterocycles. The minimum atomic E-state index is -0.244.